The number of hydrazine groups is 1. The molecule has 1 unspecified atom stereocenters. The molecule has 1 rings (SSSR count). The van der Waals surface area contributed by atoms with Crippen molar-refractivity contribution in [2.45, 2.75) is 6.04 Å². The lowest BCUT2D eigenvalue weighted by molar-refractivity contribution is 0.623. The topological polar surface area (TPSA) is 38.0 Å². The standard InChI is InChI=1S/C9H8ClFN2/c1-2-9(13-12)6-3-4-8(11)7(10)5-6/h1,3-5,9,13H,12H2. The van der Waals surface area contributed by atoms with E-state index >= 15 is 0 Å². The van der Waals surface area contributed by atoms with Gasteiger partial charge in [0, 0.05) is 0 Å². The first-order chi connectivity index (χ1) is 6.19. The Bertz CT molecular complexity index is 346. The summed E-state index contributed by atoms with van der Waals surface area (Å²) in [6, 6.07) is 3.78. The van der Waals surface area contributed by atoms with E-state index in [4.69, 9.17) is 23.9 Å². The summed E-state index contributed by atoms with van der Waals surface area (Å²) in [5.74, 6) is 7.10. The number of hydrogen-bond donors (Lipinski definition) is 2. The van der Waals surface area contributed by atoms with E-state index in [1.165, 1.54) is 18.2 Å². The average molecular weight is 199 g/mol. The molecule has 0 amide bonds. The summed E-state index contributed by atoms with van der Waals surface area (Å²) in [5, 5.41) is 0.0352. The summed E-state index contributed by atoms with van der Waals surface area (Å²) < 4.78 is 12.7. The SMILES string of the molecule is C#CC(NN)c1ccc(F)c(Cl)c1. The van der Waals surface area contributed by atoms with Gasteiger partial charge >= 0.3 is 0 Å². The van der Waals surface area contributed by atoms with Gasteiger partial charge in [0.1, 0.15) is 11.9 Å². The fourth-order valence-corrected chi connectivity index (χ4v) is 1.12. The number of hydrogen-bond acceptors (Lipinski definition) is 2. The number of nitrogens with one attached hydrogen (secondary N) is 1. The van der Waals surface area contributed by atoms with Crippen LogP contribution in [0.15, 0.2) is 18.2 Å². The first-order valence-electron chi connectivity index (χ1n) is 3.56. The molecule has 0 aliphatic carbocycles. The molecule has 0 aromatic heterocycles. The van der Waals surface area contributed by atoms with Crippen molar-refractivity contribution in [1.29, 1.82) is 0 Å². The Kier molecular flexibility index (Phi) is 3.26. The molecule has 2 nitrogen and oxygen atoms in total. The van der Waals surface area contributed by atoms with Crippen molar-refractivity contribution in [2.24, 2.45) is 5.84 Å². The van der Waals surface area contributed by atoms with Crippen molar-refractivity contribution >= 4 is 11.6 Å². The van der Waals surface area contributed by atoms with Crippen LogP contribution in [0.4, 0.5) is 4.39 Å². The normalized spacial score (nSPS) is 12.2. The summed E-state index contributed by atoms with van der Waals surface area (Å²) in [4.78, 5) is 0. The summed E-state index contributed by atoms with van der Waals surface area (Å²) in [7, 11) is 0. The molecule has 0 fully saturated rings. The van der Waals surface area contributed by atoms with Gasteiger partial charge in [-0.2, -0.15) is 0 Å². The maximum atomic E-state index is 12.7. The van der Waals surface area contributed by atoms with Crippen LogP contribution in [0.5, 0.6) is 0 Å². The molecule has 4 heteroatoms. The lowest BCUT2D eigenvalue weighted by atomic mass is 10.1. The van der Waals surface area contributed by atoms with Gasteiger partial charge < -0.3 is 0 Å². The van der Waals surface area contributed by atoms with Crippen LogP contribution in [0.3, 0.4) is 0 Å². The highest BCUT2D eigenvalue weighted by Gasteiger charge is 2.07. The molecule has 0 saturated carbocycles. The number of terminal acetylenes is 1. The van der Waals surface area contributed by atoms with Crippen molar-refractivity contribution in [1.82, 2.24) is 5.43 Å². The molecule has 3 N–H and O–H groups in total. The van der Waals surface area contributed by atoms with E-state index in [1.54, 1.807) is 0 Å². The molecule has 0 spiro atoms. The van der Waals surface area contributed by atoms with Gasteiger partial charge in [-0.05, 0) is 17.7 Å². The molecule has 0 aliphatic heterocycles. The second-order valence-corrected chi connectivity index (χ2v) is 2.85. The van der Waals surface area contributed by atoms with Crippen LogP contribution in [-0.4, -0.2) is 0 Å². The molecule has 0 aliphatic rings. The van der Waals surface area contributed by atoms with Gasteiger partial charge in [-0.15, -0.1) is 6.42 Å². The van der Waals surface area contributed by atoms with E-state index in [9.17, 15) is 4.39 Å². The smallest absolute Gasteiger partial charge is 0.141 e. The molecule has 1 aromatic carbocycles. The molecule has 0 radical (unpaired) electrons. The Morgan fingerprint density at radius 3 is 2.77 bits per heavy atom. The first kappa shape index (κ1) is 10.0. The Hall–Kier alpha value is -1.08. The van der Waals surface area contributed by atoms with Gasteiger partial charge in [0.05, 0.1) is 5.02 Å². The number of halogens is 2. The highest BCUT2D eigenvalue weighted by Crippen LogP contribution is 2.19. The molecule has 13 heavy (non-hydrogen) atoms. The van der Waals surface area contributed by atoms with Gasteiger partial charge in [0.15, 0.2) is 0 Å². The van der Waals surface area contributed by atoms with E-state index in [0.717, 1.165) is 0 Å². The zero-order valence-corrected chi connectivity index (χ0v) is 7.48. The van der Waals surface area contributed by atoms with Gasteiger partial charge in [-0.1, -0.05) is 23.6 Å². The Morgan fingerprint density at radius 1 is 1.62 bits per heavy atom. The van der Waals surface area contributed by atoms with Gasteiger partial charge in [-0.3, -0.25) is 5.84 Å². The van der Waals surface area contributed by atoms with Crippen LogP contribution in [-0.2, 0) is 0 Å². The second kappa shape index (κ2) is 4.24. The summed E-state index contributed by atoms with van der Waals surface area (Å²) in [5.41, 5.74) is 3.06. The summed E-state index contributed by atoms with van der Waals surface area (Å²) in [6.45, 7) is 0. The predicted molar refractivity (Wildman–Crippen MR) is 50.3 cm³/mol. The minimum atomic E-state index is -0.474. The van der Waals surface area contributed by atoms with Crippen molar-refractivity contribution in [3.05, 3.63) is 34.6 Å². The quantitative estimate of drug-likeness (QED) is 0.431. The Morgan fingerprint density at radius 2 is 2.31 bits per heavy atom. The maximum Gasteiger partial charge on any atom is 0.141 e. The fourth-order valence-electron chi connectivity index (χ4n) is 0.933. The number of rotatable bonds is 2. The van der Waals surface area contributed by atoms with Crippen molar-refractivity contribution in [2.75, 3.05) is 0 Å². The number of nitrogens with two attached hydrogens (primary N) is 1. The average Bonchev–Trinajstić information content (AvgIpc) is 2.13. The van der Waals surface area contributed by atoms with E-state index in [0.29, 0.717) is 5.56 Å². The molecular weight excluding hydrogens is 191 g/mol. The van der Waals surface area contributed by atoms with E-state index in [-0.39, 0.29) is 5.02 Å². The zero-order chi connectivity index (χ0) is 9.84. The summed E-state index contributed by atoms with van der Waals surface area (Å²) in [6.07, 6.45) is 5.17. The lowest BCUT2D eigenvalue weighted by Crippen LogP contribution is -2.26. The lowest BCUT2D eigenvalue weighted by Gasteiger charge is -2.09. The number of benzene rings is 1. The van der Waals surface area contributed by atoms with Gasteiger partial charge in [-0.25, -0.2) is 9.82 Å². The van der Waals surface area contributed by atoms with E-state index < -0.39 is 11.9 Å². The first-order valence-corrected chi connectivity index (χ1v) is 3.94. The molecule has 0 heterocycles. The molecule has 0 bridgehead atoms. The molecule has 68 valence electrons. The third kappa shape index (κ3) is 2.19. The van der Waals surface area contributed by atoms with Crippen LogP contribution >= 0.6 is 11.6 Å². The molecular formula is C9H8ClFN2. The monoisotopic (exact) mass is 198 g/mol. The summed E-state index contributed by atoms with van der Waals surface area (Å²) >= 11 is 5.56. The highest BCUT2D eigenvalue weighted by atomic mass is 35.5. The van der Waals surface area contributed by atoms with Crippen molar-refractivity contribution in [3.63, 3.8) is 0 Å². The van der Waals surface area contributed by atoms with Crippen LogP contribution in [0.2, 0.25) is 5.02 Å². The molecule has 1 aromatic rings. The van der Waals surface area contributed by atoms with Crippen LogP contribution in [0.25, 0.3) is 0 Å². The van der Waals surface area contributed by atoms with E-state index in [1.807, 2.05) is 0 Å². The predicted octanol–water partition coefficient (Wildman–Crippen LogP) is 1.62. The fraction of sp³-hybridized carbons (Fsp3) is 0.111. The Balaban J connectivity index is 3.04. The third-order valence-electron chi connectivity index (χ3n) is 1.61. The highest BCUT2D eigenvalue weighted by molar-refractivity contribution is 6.30. The minimum absolute atomic E-state index is 0.0352. The second-order valence-electron chi connectivity index (χ2n) is 2.44. The molecule has 1 atom stereocenters. The Labute approximate surface area is 80.9 Å². The zero-order valence-electron chi connectivity index (χ0n) is 6.72. The van der Waals surface area contributed by atoms with Gasteiger partial charge in [0.2, 0.25) is 0 Å². The van der Waals surface area contributed by atoms with Crippen LogP contribution in [0.1, 0.15) is 11.6 Å². The molecule has 0 saturated heterocycles. The largest absolute Gasteiger partial charge is 0.270 e. The van der Waals surface area contributed by atoms with Crippen LogP contribution < -0.4 is 11.3 Å². The van der Waals surface area contributed by atoms with Crippen molar-refractivity contribution < 1.29 is 4.39 Å². The van der Waals surface area contributed by atoms with Crippen molar-refractivity contribution in [3.8, 4) is 12.3 Å². The third-order valence-corrected chi connectivity index (χ3v) is 1.90. The van der Waals surface area contributed by atoms with Gasteiger partial charge in [0.25, 0.3) is 0 Å². The maximum absolute atomic E-state index is 12.7. The van der Waals surface area contributed by atoms with Crippen LogP contribution in [0, 0.1) is 18.2 Å². The van der Waals surface area contributed by atoms with E-state index in [2.05, 4.69) is 11.3 Å². The minimum Gasteiger partial charge on any atom is -0.270 e.